The van der Waals surface area contributed by atoms with Crippen LogP contribution in [0, 0.1) is 0 Å². The van der Waals surface area contributed by atoms with Gasteiger partial charge in [0.15, 0.2) is 11.5 Å². The molecule has 3 aromatic rings. The smallest absolute Gasteiger partial charge is 0.246 e. The molecule has 0 saturated carbocycles. The molecule has 1 amide bonds. The molecule has 2 aliphatic heterocycles. The van der Waals surface area contributed by atoms with E-state index in [-0.39, 0.29) is 12.5 Å². The topological polar surface area (TPSA) is 66.4 Å². The summed E-state index contributed by atoms with van der Waals surface area (Å²) < 4.78 is 11.6. The van der Waals surface area contributed by atoms with Gasteiger partial charge in [0.1, 0.15) is 6.54 Å². The molecule has 8 heteroatoms. The first-order chi connectivity index (χ1) is 19.5. The summed E-state index contributed by atoms with van der Waals surface area (Å²) in [6.45, 7) is 10.3. The van der Waals surface area contributed by atoms with E-state index in [9.17, 15) is 4.79 Å². The zero-order chi connectivity index (χ0) is 27.9. The molecule has 0 spiro atoms. The summed E-state index contributed by atoms with van der Waals surface area (Å²) in [5, 5.41) is 3.75. The Kier molecular flexibility index (Phi) is 9.24. The van der Waals surface area contributed by atoms with Crippen LogP contribution in [0.2, 0.25) is 5.02 Å². The number of benzene rings is 3. The van der Waals surface area contributed by atoms with Gasteiger partial charge >= 0.3 is 0 Å². The van der Waals surface area contributed by atoms with Crippen molar-refractivity contribution < 1.29 is 14.3 Å². The molecule has 210 valence electrons. The number of hydrogen-bond acceptors (Lipinski definition) is 6. The number of carbonyl (C=O) groups excluding carboxylic acids is 1. The molecular formula is C32H37ClN4O3. The summed E-state index contributed by atoms with van der Waals surface area (Å²) in [5.41, 5.74) is 5.83. The highest BCUT2D eigenvalue weighted by atomic mass is 35.5. The Morgan fingerprint density at radius 1 is 0.900 bits per heavy atom. The van der Waals surface area contributed by atoms with Gasteiger partial charge in [0, 0.05) is 54.1 Å². The molecule has 0 radical (unpaired) electrons. The number of carbonyl (C=O) groups is 1. The van der Waals surface area contributed by atoms with E-state index in [4.69, 9.17) is 21.1 Å². The standard InChI is InChI=1S/C32H37ClN4O3/c1-3-39-29-20-27-28(21-30(29)40-4-2)35-31(38)22-34-32(27)24-9-7-23(8-10-24)6-5-15-36-16-18-37(19-17-36)26-13-11-25(33)12-14-26/h7-14,20-21H,3-6,15-19,22H2,1-2H3,(H,35,38). The van der Waals surface area contributed by atoms with Gasteiger partial charge in [-0.2, -0.15) is 0 Å². The average molecular weight is 561 g/mol. The number of benzodiazepines with no additional fused rings is 1. The fourth-order valence-corrected chi connectivity index (χ4v) is 5.41. The number of ether oxygens (including phenoxy) is 2. The number of halogens is 1. The van der Waals surface area contributed by atoms with E-state index in [1.54, 1.807) is 0 Å². The molecule has 1 fully saturated rings. The van der Waals surface area contributed by atoms with Crippen molar-refractivity contribution in [2.75, 3.05) is 62.7 Å². The van der Waals surface area contributed by atoms with Crippen molar-refractivity contribution in [1.82, 2.24) is 4.90 Å². The van der Waals surface area contributed by atoms with E-state index >= 15 is 0 Å². The number of nitrogens with one attached hydrogen (secondary N) is 1. The Morgan fingerprint density at radius 2 is 1.57 bits per heavy atom. The monoisotopic (exact) mass is 560 g/mol. The number of piperazine rings is 1. The minimum Gasteiger partial charge on any atom is -0.490 e. The summed E-state index contributed by atoms with van der Waals surface area (Å²) in [7, 11) is 0. The number of nitrogens with zero attached hydrogens (tertiary/aromatic N) is 3. The fourth-order valence-electron chi connectivity index (χ4n) is 5.29. The quantitative estimate of drug-likeness (QED) is 0.345. The molecule has 0 unspecified atom stereocenters. The number of hydrogen-bond donors (Lipinski definition) is 1. The maximum absolute atomic E-state index is 12.4. The van der Waals surface area contributed by atoms with Crippen LogP contribution in [0.4, 0.5) is 11.4 Å². The SMILES string of the molecule is CCOc1cc2c(cc1OCC)C(c1ccc(CCCN3CCN(c4ccc(Cl)cc4)CC3)cc1)=NCC(=O)N2. The Labute approximate surface area is 241 Å². The maximum Gasteiger partial charge on any atom is 0.246 e. The maximum atomic E-state index is 12.4. The van der Waals surface area contributed by atoms with Crippen LogP contribution in [0.1, 0.15) is 37.0 Å². The Balaban J connectivity index is 1.20. The zero-order valence-corrected chi connectivity index (χ0v) is 24.0. The molecule has 40 heavy (non-hydrogen) atoms. The van der Waals surface area contributed by atoms with Gasteiger partial charge in [-0.05, 0) is 69.1 Å². The van der Waals surface area contributed by atoms with Crippen LogP contribution in [-0.4, -0.2) is 69.0 Å². The number of aryl methyl sites for hydroxylation is 1. The van der Waals surface area contributed by atoms with Gasteiger partial charge in [0.05, 0.1) is 24.6 Å². The molecule has 5 rings (SSSR count). The van der Waals surface area contributed by atoms with Crippen molar-refractivity contribution in [3.63, 3.8) is 0 Å². The summed E-state index contributed by atoms with van der Waals surface area (Å²) >= 11 is 6.04. The summed E-state index contributed by atoms with van der Waals surface area (Å²) in [5.74, 6) is 1.12. The summed E-state index contributed by atoms with van der Waals surface area (Å²) in [6, 6.07) is 20.5. The summed E-state index contributed by atoms with van der Waals surface area (Å²) in [6.07, 6.45) is 2.13. The van der Waals surface area contributed by atoms with Crippen molar-refractivity contribution >= 4 is 34.6 Å². The second-order valence-electron chi connectivity index (χ2n) is 10.0. The number of fused-ring (bicyclic) bond motifs is 1. The third-order valence-electron chi connectivity index (χ3n) is 7.32. The van der Waals surface area contributed by atoms with Crippen LogP contribution in [0.5, 0.6) is 11.5 Å². The Morgan fingerprint density at radius 3 is 2.25 bits per heavy atom. The van der Waals surface area contributed by atoms with Crippen LogP contribution in [0.25, 0.3) is 0 Å². The highest BCUT2D eigenvalue weighted by Gasteiger charge is 2.22. The molecule has 0 aliphatic carbocycles. The first kappa shape index (κ1) is 28.0. The van der Waals surface area contributed by atoms with Gasteiger partial charge < -0.3 is 19.7 Å². The van der Waals surface area contributed by atoms with Crippen LogP contribution < -0.4 is 19.7 Å². The molecular weight excluding hydrogens is 524 g/mol. The lowest BCUT2D eigenvalue weighted by molar-refractivity contribution is -0.114. The predicted molar refractivity (Wildman–Crippen MR) is 163 cm³/mol. The Bertz CT molecular complexity index is 1330. The first-order valence-corrected chi connectivity index (χ1v) is 14.5. The minimum absolute atomic E-state index is 0.0744. The third kappa shape index (κ3) is 6.77. The lowest BCUT2D eigenvalue weighted by Gasteiger charge is -2.36. The van der Waals surface area contributed by atoms with Gasteiger partial charge in [-0.15, -0.1) is 0 Å². The van der Waals surface area contributed by atoms with E-state index in [1.165, 1.54) is 11.3 Å². The van der Waals surface area contributed by atoms with Gasteiger partial charge in [-0.25, -0.2) is 0 Å². The molecule has 3 aromatic carbocycles. The van der Waals surface area contributed by atoms with Gasteiger partial charge in [-0.1, -0.05) is 35.9 Å². The van der Waals surface area contributed by atoms with Crippen molar-refractivity contribution in [3.05, 3.63) is 82.4 Å². The van der Waals surface area contributed by atoms with E-state index in [1.807, 2.05) is 38.1 Å². The van der Waals surface area contributed by atoms with Gasteiger partial charge in [0.2, 0.25) is 5.91 Å². The number of amides is 1. The molecule has 0 aromatic heterocycles. The van der Waals surface area contributed by atoms with Crippen LogP contribution in [-0.2, 0) is 11.2 Å². The summed E-state index contributed by atoms with van der Waals surface area (Å²) in [4.78, 5) is 22.1. The third-order valence-corrected chi connectivity index (χ3v) is 7.58. The van der Waals surface area contributed by atoms with Crippen molar-refractivity contribution in [3.8, 4) is 11.5 Å². The normalized spacial score (nSPS) is 15.6. The molecule has 7 nitrogen and oxygen atoms in total. The highest BCUT2D eigenvalue weighted by molar-refractivity contribution is 6.30. The lowest BCUT2D eigenvalue weighted by atomic mass is 9.98. The molecule has 1 N–H and O–H groups in total. The van der Waals surface area contributed by atoms with E-state index in [0.717, 1.165) is 67.4 Å². The molecule has 0 atom stereocenters. The minimum atomic E-state index is -0.145. The fraction of sp³-hybridized carbons (Fsp3) is 0.375. The van der Waals surface area contributed by atoms with Crippen LogP contribution in [0.3, 0.4) is 0 Å². The zero-order valence-electron chi connectivity index (χ0n) is 23.3. The lowest BCUT2D eigenvalue weighted by Crippen LogP contribution is -2.46. The van der Waals surface area contributed by atoms with Crippen molar-refractivity contribution in [2.24, 2.45) is 4.99 Å². The van der Waals surface area contributed by atoms with E-state index < -0.39 is 0 Å². The second-order valence-corrected chi connectivity index (χ2v) is 10.5. The molecule has 2 aliphatic rings. The molecule has 2 heterocycles. The van der Waals surface area contributed by atoms with Crippen LogP contribution in [0.15, 0.2) is 65.7 Å². The van der Waals surface area contributed by atoms with Crippen molar-refractivity contribution in [1.29, 1.82) is 0 Å². The predicted octanol–water partition coefficient (Wildman–Crippen LogP) is 5.68. The molecule has 1 saturated heterocycles. The number of aliphatic imine (C=N–C) groups is 1. The first-order valence-electron chi connectivity index (χ1n) is 14.1. The average Bonchev–Trinajstić information content (AvgIpc) is 3.12. The Hall–Kier alpha value is -3.55. The largest absolute Gasteiger partial charge is 0.490 e. The van der Waals surface area contributed by atoms with E-state index in [2.05, 4.69) is 56.5 Å². The highest BCUT2D eigenvalue weighted by Crippen LogP contribution is 2.36. The molecule has 0 bridgehead atoms. The number of anilines is 2. The van der Waals surface area contributed by atoms with E-state index in [0.29, 0.717) is 30.4 Å². The van der Waals surface area contributed by atoms with Gasteiger partial charge in [0.25, 0.3) is 0 Å². The van der Waals surface area contributed by atoms with Gasteiger partial charge in [-0.3, -0.25) is 14.7 Å². The number of rotatable bonds is 10. The van der Waals surface area contributed by atoms with Crippen molar-refractivity contribution in [2.45, 2.75) is 26.7 Å². The van der Waals surface area contributed by atoms with Crippen LogP contribution >= 0.6 is 11.6 Å². The second kappa shape index (κ2) is 13.2.